The number of hydrogen-bond acceptors (Lipinski definition) is 2. The summed E-state index contributed by atoms with van der Waals surface area (Å²) in [4.78, 5) is 13.4. The van der Waals surface area contributed by atoms with E-state index in [1.54, 1.807) is 18.9 Å². The Kier molecular flexibility index (Phi) is 5.16. The van der Waals surface area contributed by atoms with Crippen LogP contribution in [-0.2, 0) is 11.3 Å². The average Bonchev–Trinajstić information content (AvgIpc) is 2.28. The molecule has 0 heterocycles. The van der Waals surface area contributed by atoms with Crippen molar-refractivity contribution in [1.29, 1.82) is 0 Å². The number of amides is 1. The van der Waals surface area contributed by atoms with Crippen molar-refractivity contribution < 1.29 is 9.90 Å². The summed E-state index contributed by atoms with van der Waals surface area (Å²) in [5.74, 6) is 0.0754. The molecule has 0 saturated heterocycles. The van der Waals surface area contributed by atoms with Crippen LogP contribution in [0, 0.1) is 6.92 Å². The van der Waals surface area contributed by atoms with Gasteiger partial charge < -0.3 is 10.0 Å². The van der Waals surface area contributed by atoms with Gasteiger partial charge in [-0.1, -0.05) is 29.8 Å². The fourth-order valence-corrected chi connectivity index (χ4v) is 1.58. The van der Waals surface area contributed by atoms with Crippen molar-refractivity contribution in [2.75, 3.05) is 7.05 Å². The predicted octanol–water partition coefficient (Wildman–Crippen LogP) is 2.11. The van der Waals surface area contributed by atoms with Gasteiger partial charge in [0.1, 0.15) is 0 Å². The van der Waals surface area contributed by atoms with Crippen LogP contribution in [0.1, 0.15) is 30.9 Å². The number of aliphatic hydroxyl groups excluding tert-OH is 1. The predicted molar refractivity (Wildman–Crippen MR) is 68.6 cm³/mol. The highest BCUT2D eigenvalue weighted by molar-refractivity contribution is 5.75. The van der Waals surface area contributed by atoms with Crippen LogP contribution in [0.2, 0.25) is 0 Å². The minimum Gasteiger partial charge on any atom is -0.393 e. The van der Waals surface area contributed by atoms with Gasteiger partial charge in [0.25, 0.3) is 0 Å². The molecule has 94 valence electrons. The SMILES string of the molecule is Cc1ccc(CN(C)C(=O)CCC(C)O)cc1. The maximum absolute atomic E-state index is 11.7. The molecule has 0 bridgehead atoms. The Morgan fingerprint density at radius 3 is 2.47 bits per heavy atom. The largest absolute Gasteiger partial charge is 0.393 e. The standard InChI is InChI=1S/C14H21NO2/c1-11-4-7-13(8-5-11)10-15(3)14(17)9-6-12(2)16/h4-5,7-8,12,16H,6,9-10H2,1-3H3. The van der Waals surface area contributed by atoms with E-state index in [1.165, 1.54) is 5.56 Å². The highest BCUT2D eigenvalue weighted by atomic mass is 16.3. The highest BCUT2D eigenvalue weighted by Gasteiger charge is 2.10. The molecule has 1 aromatic rings. The monoisotopic (exact) mass is 235 g/mol. The van der Waals surface area contributed by atoms with Gasteiger partial charge >= 0.3 is 0 Å². The molecule has 0 radical (unpaired) electrons. The number of rotatable bonds is 5. The van der Waals surface area contributed by atoms with Gasteiger partial charge in [-0.15, -0.1) is 0 Å². The lowest BCUT2D eigenvalue weighted by Gasteiger charge is -2.17. The number of hydrogen-bond donors (Lipinski definition) is 1. The third kappa shape index (κ3) is 5.00. The third-order valence-corrected chi connectivity index (χ3v) is 2.74. The van der Waals surface area contributed by atoms with Gasteiger partial charge in [-0.2, -0.15) is 0 Å². The maximum atomic E-state index is 11.7. The van der Waals surface area contributed by atoms with E-state index >= 15 is 0 Å². The van der Waals surface area contributed by atoms with Gasteiger partial charge in [0.05, 0.1) is 6.10 Å². The van der Waals surface area contributed by atoms with E-state index < -0.39 is 6.10 Å². The Labute approximate surface area is 103 Å². The lowest BCUT2D eigenvalue weighted by molar-refractivity contribution is -0.131. The first-order valence-corrected chi connectivity index (χ1v) is 5.96. The first-order valence-electron chi connectivity index (χ1n) is 5.96. The van der Waals surface area contributed by atoms with Crippen molar-refractivity contribution in [2.24, 2.45) is 0 Å². The molecule has 1 unspecified atom stereocenters. The highest BCUT2D eigenvalue weighted by Crippen LogP contribution is 2.08. The number of benzene rings is 1. The van der Waals surface area contributed by atoms with Crippen LogP contribution in [0.3, 0.4) is 0 Å². The van der Waals surface area contributed by atoms with E-state index in [0.717, 1.165) is 5.56 Å². The Morgan fingerprint density at radius 2 is 1.94 bits per heavy atom. The summed E-state index contributed by atoms with van der Waals surface area (Å²) < 4.78 is 0. The number of nitrogens with zero attached hydrogens (tertiary/aromatic N) is 1. The lowest BCUT2D eigenvalue weighted by atomic mass is 10.1. The Bertz CT molecular complexity index is 357. The third-order valence-electron chi connectivity index (χ3n) is 2.74. The quantitative estimate of drug-likeness (QED) is 0.849. The van der Waals surface area contributed by atoms with Crippen LogP contribution < -0.4 is 0 Å². The molecule has 3 heteroatoms. The Morgan fingerprint density at radius 1 is 1.35 bits per heavy atom. The van der Waals surface area contributed by atoms with Gasteiger partial charge in [-0.25, -0.2) is 0 Å². The van der Waals surface area contributed by atoms with Crippen LogP contribution in [0.25, 0.3) is 0 Å². The zero-order chi connectivity index (χ0) is 12.8. The summed E-state index contributed by atoms with van der Waals surface area (Å²) in [6, 6.07) is 8.16. The molecule has 0 aliphatic rings. The van der Waals surface area contributed by atoms with Crippen molar-refractivity contribution in [3.05, 3.63) is 35.4 Å². The van der Waals surface area contributed by atoms with Crippen LogP contribution >= 0.6 is 0 Å². The van der Waals surface area contributed by atoms with E-state index in [9.17, 15) is 4.79 Å². The van der Waals surface area contributed by atoms with Crippen molar-refractivity contribution in [2.45, 2.75) is 39.3 Å². The molecule has 0 fully saturated rings. The van der Waals surface area contributed by atoms with Gasteiger partial charge in [0, 0.05) is 20.0 Å². The van der Waals surface area contributed by atoms with Crippen LogP contribution in [-0.4, -0.2) is 29.1 Å². The Balaban J connectivity index is 2.45. The van der Waals surface area contributed by atoms with Crippen LogP contribution in [0.4, 0.5) is 0 Å². The van der Waals surface area contributed by atoms with Crippen LogP contribution in [0.15, 0.2) is 24.3 Å². The average molecular weight is 235 g/mol. The van der Waals surface area contributed by atoms with E-state index in [2.05, 4.69) is 0 Å². The van der Waals surface area contributed by atoms with E-state index in [0.29, 0.717) is 19.4 Å². The topological polar surface area (TPSA) is 40.5 Å². The van der Waals surface area contributed by atoms with E-state index in [1.807, 2.05) is 31.2 Å². The second kappa shape index (κ2) is 6.40. The molecule has 1 rings (SSSR count). The van der Waals surface area contributed by atoms with Crippen molar-refractivity contribution >= 4 is 5.91 Å². The molecular formula is C14H21NO2. The molecule has 0 aromatic heterocycles. The minimum absolute atomic E-state index is 0.0754. The number of aryl methyl sites for hydroxylation is 1. The normalized spacial score (nSPS) is 12.2. The van der Waals surface area contributed by atoms with Crippen molar-refractivity contribution in [3.8, 4) is 0 Å². The fourth-order valence-electron chi connectivity index (χ4n) is 1.58. The molecule has 0 aliphatic heterocycles. The molecule has 17 heavy (non-hydrogen) atoms. The summed E-state index contributed by atoms with van der Waals surface area (Å²) >= 11 is 0. The first kappa shape index (κ1) is 13.7. The molecular weight excluding hydrogens is 214 g/mol. The van der Waals surface area contributed by atoms with Gasteiger partial charge in [-0.3, -0.25) is 4.79 Å². The molecule has 1 amide bonds. The summed E-state index contributed by atoms with van der Waals surface area (Å²) in [6.45, 7) is 4.37. The molecule has 1 aromatic carbocycles. The number of carbonyl (C=O) groups is 1. The first-order chi connectivity index (χ1) is 7.99. The zero-order valence-corrected chi connectivity index (χ0v) is 10.8. The molecule has 1 N–H and O–H groups in total. The summed E-state index contributed by atoms with van der Waals surface area (Å²) in [6.07, 6.45) is 0.517. The molecule has 0 aliphatic carbocycles. The second-order valence-electron chi connectivity index (χ2n) is 4.62. The second-order valence-corrected chi connectivity index (χ2v) is 4.62. The maximum Gasteiger partial charge on any atom is 0.222 e. The zero-order valence-electron chi connectivity index (χ0n) is 10.8. The number of carbonyl (C=O) groups excluding carboxylic acids is 1. The molecule has 3 nitrogen and oxygen atoms in total. The van der Waals surface area contributed by atoms with Crippen molar-refractivity contribution in [1.82, 2.24) is 4.90 Å². The lowest BCUT2D eigenvalue weighted by Crippen LogP contribution is -2.26. The van der Waals surface area contributed by atoms with Crippen LogP contribution in [0.5, 0.6) is 0 Å². The number of aliphatic hydroxyl groups is 1. The fraction of sp³-hybridized carbons (Fsp3) is 0.500. The van der Waals surface area contributed by atoms with Crippen molar-refractivity contribution in [3.63, 3.8) is 0 Å². The summed E-state index contributed by atoms with van der Waals surface area (Å²) in [7, 11) is 1.80. The molecule has 1 atom stereocenters. The summed E-state index contributed by atoms with van der Waals surface area (Å²) in [5, 5.41) is 9.13. The smallest absolute Gasteiger partial charge is 0.222 e. The van der Waals surface area contributed by atoms with E-state index in [4.69, 9.17) is 5.11 Å². The van der Waals surface area contributed by atoms with Gasteiger partial charge in [-0.05, 0) is 25.8 Å². The molecule has 0 spiro atoms. The Hall–Kier alpha value is -1.35. The van der Waals surface area contributed by atoms with Gasteiger partial charge in [0.15, 0.2) is 0 Å². The van der Waals surface area contributed by atoms with Gasteiger partial charge in [0.2, 0.25) is 5.91 Å². The minimum atomic E-state index is -0.410. The summed E-state index contributed by atoms with van der Waals surface area (Å²) in [5.41, 5.74) is 2.35. The van der Waals surface area contributed by atoms with E-state index in [-0.39, 0.29) is 5.91 Å². The molecule has 0 saturated carbocycles.